The molecular weight excluding hydrogens is 461 g/mol. The number of ether oxygens (including phenoxy) is 1. The van der Waals surface area contributed by atoms with Crippen molar-refractivity contribution >= 4 is 33.3 Å². The smallest absolute Gasteiger partial charge is 0.340 e. The second kappa shape index (κ2) is 9.74. The van der Waals surface area contributed by atoms with Crippen LogP contribution in [-0.2, 0) is 19.6 Å². The molecule has 11 heteroatoms. The zero-order chi connectivity index (χ0) is 24.2. The molecule has 0 saturated carbocycles. The second-order valence-electron chi connectivity index (χ2n) is 6.81. The molecule has 0 bridgehead atoms. The van der Waals surface area contributed by atoms with Gasteiger partial charge < -0.3 is 10.1 Å². The Morgan fingerprint density at radius 3 is 2.30 bits per heavy atom. The Balaban J connectivity index is 1.72. The Bertz CT molecular complexity index is 1330. The van der Waals surface area contributed by atoms with Crippen LogP contribution in [0.4, 0.5) is 24.5 Å². The molecule has 0 spiro atoms. The lowest BCUT2D eigenvalue weighted by molar-refractivity contribution is -0.119. The van der Waals surface area contributed by atoms with Gasteiger partial charge in [0.2, 0.25) is 0 Å². The minimum Gasteiger partial charge on any atom is -0.452 e. The number of halogens is 3. The summed E-state index contributed by atoms with van der Waals surface area (Å²) in [5.41, 5.74) is -0.615. The number of para-hydroxylation sites is 1. The molecule has 3 aromatic rings. The molecule has 0 fully saturated rings. The number of esters is 1. The standard InChI is InChI=1S/C22H17F3N2O5S/c1-13-10-14(23)7-9-20(13)33(30,31)27-18-5-3-2-4-16(18)22(29)32-12-21(28)26-19-11-15(24)6-8-17(19)25/h2-11,27H,12H2,1H3,(H,26,28). The SMILES string of the molecule is Cc1cc(F)ccc1S(=O)(=O)Nc1ccccc1C(=O)OCC(=O)Nc1cc(F)ccc1F. The van der Waals surface area contributed by atoms with Gasteiger partial charge in [-0.05, 0) is 55.0 Å². The van der Waals surface area contributed by atoms with Crippen LogP contribution < -0.4 is 10.0 Å². The molecule has 0 atom stereocenters. The summed E-state index contributed by atoms with van der Waals surface area (Å²) in [6, 6.07) is 11.1. The molecule has 172 valence electrons. The zero-order valence-corrected chi connectivity index (χ0v) is 17.9. The lowest BCUT2D eigenvalue weighted by Crippen LogP contribution is -2.22. The van der Waals surface area contributed by atoms with Gasteiger partial charge in [-0.1, -0.05) is 12.1 Å². The van der Waals surface area contributed by atoms with Crippen molar-refractivity contribution in [3.8, 4) is 0 Å². The third-order valence-electron chi connectivity index (χ3n) is 4.35. The van der Waals surface area contributed by atoms with Gasteiger partial charge in [-0.25, -0.2) is 26.4 Å². The van der Waals surface area contributed by atoms with Gasteiger partial charge in [-0.15, -0.1) is 0 Å². The maximum atomic E-state index is 13.6. The molecule has 7 nitrogen and oxygen atoms in total. The van der Waals surface area contributed by atoms with Gasteiger partial charge in [-0.2, -0.15) is 0 Å². The Kier molecular flexibility index (Phi) is 7.02. The van der Waals surface area contributed by atoms with Gasteiger partial charge in [0.1, 0.15) is 17.5 Å². The van der Waals surface area contributed by atoms with Crippen molar-refractivity contribution in [3.63, 3.8) is 0 Å². The van der Waals surface area contributed by atoms with Crippen LogP contribution >= 0.6 is 0 Å². The van der Waals surface area contributed by atoms with Crippen LogP contribution in [0.3, 0.4) is 0 Å². The topological polar surface area (TPSA) is 102 Å². The highest BCUT2D eigenvalue weighted by Crippen LogP contribution is 2.23. The molecule has 0 aliphatic heterocycles. The van der Waals surface area contributed by atoms with Crippen LogP contribution in [-0.4, -0.2) is 26.9 Å². The highest BCUT2D eigenvalue weighted by atomic mass is 32.2. The van der Waals surface area contributed by atoms with Crippen LogP contribution in [0.2, 0.25) is 0 Å². The van der Waals surface area contributed by atoms with Crippen LogP contribution in [0.25, 0.3) is 0 Å². The van der Waals surface area contributed by atoms with E-state index in [1.165, 1.54) is 31.2 Å². The predicted molar refractivity (Wildman–Crippen MR) is 114 cm³/mol. The summed E-state index contributed by atoms with van der Waals surface area (Å²) in [5.74, 6) is -4.24. The van der Waals surface area contributed by atoms with Gasteiger partial charge >= 0.3 is 5.97 Å². The number of carbonyl (C=O) groups is 2. The number of hydrogen-bond donors (Lipinski definition) is 2. The van der Waals surface area contributed by atoms with E-state index in [9.17, 15) is 31.2 Å². The van der Waals surface area contributed by atoms with Crippen molar-refractivity contribution in [2.24, 2.45) is 0 Å². The van der Waals surface area contributed by atoms with Gasteiger partial charge in [-0.3, -0.25) is 9.52 Å². The first-order valence-electron chi connectivity index (χ1n) is 9.37. The first-order chi connectivity index (χ1) is 15.6. The number of rotatable bonds is 7. The quantitative estimate of drug-likeness (QED) is 0.500. The molecule has 0 saturated heterocycles. The van der Waals surface area contributed by atoms with Crippen molar-refractivity contribution in [1.29, 1.82) is 0 Å². The lowest BCUT2D eigenvalue weighted by atomic mass is 10.2. The normalized spacial score (nSPS) is 11.0. The van der Waals surface area contributed by atoms with Crippen molar-refractivity contribution in [1.82, 2.24) is 0 Å². The first-order valence-corrected chi connectivity index (χ1v) is 10.8. The minimum absolute atomic E-state index is 0.136. The van der Waals surface area contributed by atoms with Gasteiger partial charge in [0, 0.05) is 6.07 Å². The summed E-state index contributed by atoms with van der Waals surface area (Å²) in [5, 5.41) is 2.07. The summed E-state index contributed by atoms with van der Waals surface area (Å²) in [6.07, 6.45) is 0. The average molecular weight is 478 g/mol. The number of nitrogens with one attached hydrogen (secondary N) is 2. The van der Waals surface area contributed by atoms with Crippen LogP contribution in [0.1, 0.15) is 15.9 Å². The van der Waals surface area contributed by atoms with Crippen LogP contribution in [0.15, 0.2) is 65.6 Å². The van der Waals surface area contributed by atoms with E-state index in [-0.39, 0.29) is 21.7 Å². The Morgan fingerprint density at radius 1 is 0.909 bits per heavy atom. The van der Waals surface area contributed by atoms with Gasteiger partial charge in [0.05, 0.1) is 21.8 Å². The molecular formula is C22H17F3N2O5S. The fourth-order valence-electron chi connectivity index (χ4n) is 2.85. The number of hydrogen-bond acceptors (Lipinski definition) is 5. The van der Waals surface area contributed by atoms with E-state index in [0.717, 1.165) is 36.4 Å². The zero-order valence-electron chi connectivity index (χ0n) is 17.1. The molecule has 2 N–H and O–H groups in total. The Labute approximate surface area is 187 Å². The van der Waals surface area contributed by atoms with Crippen LogP contribution in [0, 0.1) is 24.4 Å². The van der Waals surface area contributed by atoms with E-state index in [4.69, 9.17) is 4.74 Å². The van der Waals surface area contributed by atoms with Crippen molar-refractivity contribution in [3.05, 3.63) is 89.2 Å². The number of amides is 1. The molecule has 33 heavy (non-hydrogen) atoms. The van der Waals surface area contributed by atoms with E-state index >= 15 is 0 Å². The third-order valence-corrected chi connectivity index (χ3v) is 5.88. The number of benzene rings is 3. The first kappa shape index (κ1) is 23.8. The Hall–Kier alpha value is -3.86. The molecule has 0 aliphatic rings. The van der Waals surface area contributed by atoms with E-state index in [0.29, 0.717) is 0 Å². The fourth-order valence-corrected chi connectivity index (χ4v) is 4.16. The largest absolute Gasteiger partial charge is 0.452 e. The van der Waals surface area contributed by atoms with Crippen LogP contribution in [0.5, 0.6) is 0 Å². The summed E-state index contributed by atoms with van der Waals surface area (Å²) in [4.78, 5) is 24.2. The third kappa shape index (κ3) is 5.89. The van der Waals surface area contributed by atoms with E-state index in [1.54, 1.807) is 0 Å². The van der Waals surface area contributed by atoms with Crippen molar-refractivity contribution in [2.45, 2.75) is 11.8 Å². The molecule has 0 radical (unpaired) electrons. The fraction of sp³-hybridized carbons (Fsp3) is 0.0909. The maximum absolute atomic E-state index is 13.6. The average Bonchev–Trinajstić information content (AvgIpc) is 2.74. The number of sulfonamides is 1. The summed E-state index contributed by atoms with van der Waals surface area (Å²) < 4.78 is 72.7. The molecule has 1 amide bonds. The summed E-state index contributed by atoms with van der Waals surface area (Å²) >= 11 is 0. The van der Waals surface area contributed by atoms with Crippen molar-refractivity contribution in [2.75, 3.05) is 16.6 Å². The lowest BCUT2D eigenvalue weighted by Gasteiger charge is -2.14. The molecule has 3 rings (SSSR count). The minimum atomic E-state index is -4.18. The molecule has 0 heterocycles. The molecule has 0 unspecified atom stereocenters. The highest BCUT2D eigenvalue weighted by molar-refractivity contribution is 7.92. The second-order valence-corrected chi connectivity index (χ2v) is 8.46. The maximum Gasteiger partial charge on any atom is 0.340 e. The number of aryl methyl sites for hydroxylation is 1. The van der Waals surface area contributed by atoms with E-state index in [1.807, 2.05) is 0 Å². The Morgan fingerprint density at radius 2 is 1.58 bits per heavy atom. The van der Waals surface area contributed by atoms with Crippen molar-refractivity contribution < 1.29 is 35.9 Å². The predicted octanol–water partition coefficient (Wildman–Crippen LogP) is 4.01. The van der Waals surface area contributed by atoms with E-state index < -0.39 is 51.6 Å². The molecule has 0 aromatic heterocycles. The van der Waals surface area contributed by atoms with Gasteiger partial charge in [0.15, 0.2) is 6.61 Å². The molecule has 0 aliphatic carbocycles. The highest BCUT2D eigenvalue weighted by Gasteiger charge is 2.22. The summed E-state index contributed by atoms with van der Waals surface area (Å²) in [6.45, 7) is 0.574. The summed E-state index contributed by atoms with van der Waals surface area (Å²) in [7, 11) is -4.18. The molecule has 3 aromatic carbocycles. The number of anilines is 2. The number of carbonyl (C=O) groups excluding carboxylic acids is 2. The van der Waals surface area contributed by atoms with E-state index in [2.05, 4.69) is 10.0 Å². The van der Waals surface area contributed by atoms with Gasteiger partial charge in [0.25, 0.3) is 15.9 Å². The monoisotopic (exact) mass is 478 g/mol.